The average Bonchev–Trinajstić information content (AvgIpc) is 3.54. The first-order valence-electron chi connectivity index (χ1n) is 18.8. The van der Waals surface area contributed by atoms with E-state index in [4.69, 9.17) is 15.0 Å². The second kappa shape index (κ2) is 22.2. The van der Waals surface area contributed by atoms with Gasteiger partial charge in [-0.15, -0.1) is 0 Å². The van der Waals surface area contributed by atoms with E-state index in [1.165, 1.54) is 64.1 Å². The Morgan fingerprint density at radius 2 is 1.61 bits per heavy atom. The van der Waals surface area contributed by atoms with E-state index in [2.05, 4.69) is 44.4 Å². The van der Waals surface area contributed by atoms with E-state index in [-0.39, 0.29) is 24.9 Å². The molecule has 0 aliphatic heterocycles. The molecular formula is C39H58N7O4P. The minimum absolute atomic E-state index is 0.00103. The number of anilines is 1. The zero-order valence-electron chi connectivity index (χ0n) is 30.6. The number of allylic oxidation sites excluding steroid dienone is 2. The second-order valence-corrected chi connectivity index (χ2v) is 15.4. The van der Waals surface area contributed by atoms with Crippen LogP contribution in [-0.4, -0.2) is 51.0 Å². The number of amides is 1. The van der Waals surface area contributed by atoms with Crippen molar-refractivity contribution in [1.82, 2.24) is 29.9 Å². The number of nitrogens with zero attached hydrogens (tertiary/aromatic N) is 4. The van der Waals surface area contributed by atoms with Gasteiger partial charge in [-0.3, -0.25) is 9.36 Å². The van der Waals surface area contributed by atoms with Crippen molar-refractivity contribution in [3.8, 4) is 5.75 Å². The molecule has 0 saturated carbocycles. The summed E-state index contributed by atoms with van der Waals surface area (Å²) in [5.41, 5.74) is 7.06. The van der Waals surface area contributed by atoms with Crippen molar-refractivity contribution in [2.45, 2.75) is 116 Å². The molecule has 0 bridgehead atoms. The van der Waals surface area contributed by atoms with Crippen LogP contribution in [0.4, 0.5) is 5.82 Å². The molecule has 11 nitrogen and oxygen atoms in total. The fraction of sp³-hybridized carbons (Fsp3) is 0.538. The lowest BCUT2D eigenvalue weighted by Gasteiger charge is -2.23. The fourth-order valence-electron chi connectivity index (χ4n) is 6.00. The van der Waals surface area contributed by atoms with E-state index in [1.807, 2.05) is 47.9 Å². The minimum atomic E-state index is -3.56. The number of ether oxygens (including phenoxy) is 1. The van der Waals surface area contributed by atoms with Gasteiger partial charge < -0.3 is 24.9 Å². The van der Waals surface area contributed by atoms with Crippen molar-refractivity contribution in [3.05, 3.63) is 67.3 Å². The summed E-state index contributed by atoms with van der Waals surface area (Å²) in [7, 11) is -3.56. The first-order valence-corrected chi connectivity index (χ1v) is 20.7. The Morgan fingerprint density at radius 3 is 2.39 bits per heavy atom. The Bertz CT molecular complexity index is 1690. The van der Waals surface area contributed by atoms with Gasteiger partial charge in [-0.25, -0.2) is 20.0 Å². The number of rotatable bonds is 26. The summed E-state index contributed by atoms with van der Waals surface area (Å²) >= 11 is 0. The topological polar surface area (TPSA) is 146 Å². The third-order valence-electron chi connectivity index (χ3n) is 8.87. The van der Waals surface area contributed by atoms with Crippen LogP contribution in [0.2, 0.25) is 0 Å². The Balaban J connectivity index is 1.17. The standard InChI is InChI=1S/C39H58N7O4P/c1-3-4-5-6-7-8-9-10-11-12-13-14-15-16-17-25-36(47)41-26-27-45-51(48,50-35-24-20-22-33-21-18-19-23-34(33)35)31-49-32(2)28-46-30-44-37-38(40)42-29-43-39(37)46/h10-11,18-24,29-30,32H,3-9,12-17,25-28,31H2,1-2H3,(H,41,47)(H,45,48)(H2,40,42,43)/t32-,51?/m1/s1. The molecule has 0 spiro atoms. The highest BCUT2D eigenvalue weighted by atomic mass is 31.2. The summed E-state index contributed by atoms with van der Waals surface area (Å²) in [5.74, 6) is 0.812. The largest absolute Gasteiger partial charge is 0.431 e. The van der Waals surface area contributed by atoms with Crippen LogP contribution in [0, 0.1) is 0 Å². The quantitative estimate of drug-likeness (QED) is 0.0329. The van der Waals surface area contributed by atoms with E-state index in [9.17, 15) is 9.36 Å². The van der Waals surface area contributed by atoms with E-state index in [1.54, 1.807) is 12.4 Å². The van der Waals surface area contributed by atoms with Crippen LogP contribution >= 0.6 is 7.52 Å². The van der Waals surface area contributed by atoms with Gasteiger partial charge in [0.25, 0.3) is 0 Å². The van der Waals surface area contributed by atoms with E-state index in [0.29, 0.717) is 42.2 Å². The molecule has 0 aliphatic carbocycles. The van der Waals surface area contributed by atoms with Crippen molar-refractivity contribution in [2.75, 3.05) is 25.2 Å². The van der Waals surface area contributed by atoms with Crippen LogP contribution in [0.25, 0.3) is 21.9 Å². The van der Waals surface area contributed by atoms with Crippen LogP contribution in [-0.2, 0) is 20.6 Å². The number of hydrogen-bond donors (Lipinski definition) is 3. The van der Waals surface area contributed by atoms with Gasteiger partial charge in [0, 0.05) is 24.9 Å². The highest BCUT2D eigenvalue weighted by Gasteiger charge is 2.27. The molecule has 2 heterocycles. The van der Waals surface area contributed by atoms with Gasteiger partial charge in [0.05, 0.1) is 19.0 Å². The zero-order chi connectivity index (χ0) is 36.2. The van der Waals surface area contributed by atoms with Gasteiger partial charge in [0.2, 0.25) is 5.91 Å². The number of unbranched alkanes of at least 4 members (excludes halogenated alkanes) is 11. The van der Waals surface area contributed by atoms with Crippen molar-refractivity contribution < 1.29 is 18.6 Å². The summed E-state index contributed by atoms with van der Waals surface area (Å²) in [6, 6.07) is 13.4. The number of benzene rings is 2. The zero-order valence-corrected chi connectivity index (χ0v) is 31.5. The van der Waals surface area contributed by atoms with Crippen LogP contribution in [0.1, 0.15) is 104 Å². The number of carbonyl (C=O) groups excluding carboxylic acids is 1. The molecule has 2 aromatic heterocycles. The second-order valence-electron chi connectivity index (χ2n) is 13.3. The van der Waals surface area contributed by atoms with E-state index in [0.717, 1.165) is 36.5 Å². The number of nitrogens with two attached hydrogens (primary N) is 1. The molecule has 1 unspecified atom stereocenters. The van der Waals surface area contributed by atoms with Crippen molar-refractivity contribution in [3.63, 3.8) is 0 Å². The van der Waals surface area contributed by atoms with Gasteiger partial charge in [-0.2, -0.15) is 0 Å². The average molecular weight is 720 g/mol. The van der Waals surface area contributed by atoms with Crippen LogP contribution in [0.3, 0.4) is 0 Å². The molecule has 278 valence electrons. The number of imidazole rings is 1. The predicted octanol–water partition coefficient (Wildman–Crippen LogP) is 8.94. The maximum Gasteiger partial charge on any atom is 0.342 e. The maximum absolute atomic E-state index is 14.2. The van der Waals surface area contributed by atoms with Gasteiger partial charge >= 0.3 is 7.52 Å². The van der Waals surface area contributed by atoms with E-state index < -0.39 is 7.52 Å². The molecule has 1 amide bonds. The van der Waals surface area contributed by atoms with Gasteiger partial charge in [-0.1, -0.05) is 107 Å². The molecule has 12 heteroatoms. The number of nitrogens with one attached hydrogen (secondary N) is 2. The molecule has 2 aromatic carbocycles. The predicted molar refractivity (Wildman–Crippen MR) is 208 cm³/mol. The van der Waals surface area contributed by atoms with Crippen molar-refractivity contribution in [2.24, 2.45) is 0 Å². The normalized spacial score (nSPS) is 13.5. The highest BCUT2D eigenvalue weighted by Crippen LogP contribution is 2.45. The molecule has 4 rings (SSSR count). The molecule has 4 aromatic rings. The summed E-state index contributed by atoms with van der Waals surface area (Å²) in [6.45, 7) is 5.14. The molecule has 51 heavy (non-hydrogen) atoms. The van der Waals surface area contributed by atoms with Crippen molar-refractivity contribution in [1.29, 1.82) is 0 Å². The molecule has 2 atom stereocenters. The minimum Gasteiger partial charge on any atom is -0.431 e. The summed E-state index contributed by atoms with van der Waals surface area (Å²) in [6.07, 6.45) is 23.6. The smallest absolute Gasteiger partial charge is 0.342 e. The lowest BCUT2D eigenvalue weighted by molar-refractivity contribution is -0.121. The number of hydrogen-bond acceptors (Lipinski definition) is 8. The monoisotopic (exact) mass is 719 g/mol. The Morgan fingerprint density at radius 1 is 0.902 bits per heavy atom. The highest BCUT2D eigenvalue weighted by molar-refractivity contribution is 7.57. The molecular weight excluding hydrogens is 661 g/mol. The van der Waals surface area contributed by atoms with Gasteiger partial charge in [-0.05, 0) is 50.5 Å². The molecule has 0 aliphatic rings. The van der Waals surface area contributed by atoms with E-state index >= 15 is 0 Å². The third-order valence-corrected chi connectivity index (χ3v) is 10.6. The van der Waals surface area contributed by atoms with Crippen LogP contribution in [0.15, 0.2) is 67.3 Å². The summed E-state index contributed by atoms with van der Waals surface area (Å²) in [5, 5.41) is 7.85. The Kier molecular flexibility index (Phi) is 17.4. The summed E-state index contributed by atoms with van der Waals surface area (Å²) in [4.78, 5) is 25.1. The Labute approximate surface area is 303 Å². The van der Waals surface area contributed by atoms with Crippen LogP contribution < -0.4 is 20.7 Å². The lowest BCUT2D eigenvalue weighted by atomic mass is 10.1. The first kappa shape index (κ1) is 40.0. The molecule has 4 N–H and O–H groups in total. The molecule has 0 radical (unpaired) electrons. The Hall–Kier alpha value is -3.79. The number of nitrogen functional groups attached to an aromatic ring is 1. The summed E-state index contributed by atoms with van der Waals surface area (Å²) < 4.78 is 28.4. The van der Waals surface area contributed by atoms with Crippen molar-refractivity contribution >= 4 is 41.2 Å². The molecule has 0 saturated heterocycles. The first-order chi connectivity index (χ1) is 24.9. The SMILES string of the molecule is CCCCCCCCC=CCCCCCCCC(=O)NCCNP(=O)(CO[C@H](C)Cn1cnc2c(N)ncnc21)Oc1cccc2ccccc12. The van der Waals surface area contributed by atoms with Gasteiger partial charge in [0.15, 0.2) is 11.5 Å². The van der Waals surface area contributed by atoms with Gasteiger partial charge in [0.1, 0.15) is 23.9 Å². The number of carbonyl (C=O) groups is 1. The van der Waals surface area contributed by atoms with Crippen LogP contribution in [0.5, 0.6) is 5.75 Å². The third kappa shape index (κ3) is 14.0. The molecule has 0 fully saturated rings. The fourth-order valence-corrected chi connectivity index (χ4v) is 7.59. The number of fused-ring (bicyclic) bond motifs is 2. The lowest BCUT2D eigenvalue weighted by Crippen LogP contribution is -2.32. The maximum atomic E-state index is 14.2. The number of aromatic nitrogens is 4.